The third-order valence-electron chi connectivity index (χ3n) is 6.46. The lowest BCUT2D eigenvalue weighted by molar-refractivity contribution is 0.0985. The van der Waals surface area contributed by atoms with E-state index in [-0.39, 0.29) is 28.4 Å². The molecule has 1 amide bonds. The average Bonchev–Trinajstić information content (AvgIpc) is 2.76. The molecule has 2 atom stereocenters. The van der Waals surface area contributed by atoms with Gasteiger partial charge < -0.3 is 9.64 Å². The molecule has 2 aliphatic rings. The van der Waals surface area contributed by atoms with Crippen LogP contribution >= 0.6 is 0 Å². The van der Waals surface area contributed by atoms with E-state index in [1.54, 1.807) is 17.0 Å². The van der Waals surface area contributed by atoms with Gasteiger partial charge in [-0.15, -0.1) is 0 Å². The molecule has 0 aliphatic carbocycles. The Morgan fingerprint density at radius 2 is 1.78 bits per heavy atom. The maximum atomic E-state index is 13.6. The number of benzene rings is 2. The van der Waals surface area contributed by atoms with Crippen LogP contribution in [-0.4, -0.2) is 45.4 Å². The number of amides is 1. The summed E-state index contributed by atoms with van der Waals surface area (Å²) in [6.07, 6.45) is 2.83. The zero-order chi connectivity index (χ0) is 23.0. The Hall–Kier alpha value is -2.38. The fourth-order valence-corrected chi connectivity index (χ4v) is 6.91. The van der Waals surface area contributed by atoms with Crippen LogP contribution in [-0.2, 0) is 16.4 Å². The van der Waals surface area contributed by atoms with E-state index in [9.17, 15) is 13.2 Å². The summed E-state index contributed by atoms with van der Waals surface area (Å²) < 4.78 is 34.1. The number of carbonyl (C=O) groups excluding carboxylic acids is 1. The van der Waals surface area contributed by atoms with E-state index in [1.165, 1.54) is 23.0 Å². The number of nitrogens with zero attached hydrogens (tertiary/aromatic N) is 2. The highest BCUT2D eigenvalue weighted by atomic mass is 32.2. The lowest BCUT2D eigenvalue weighted by Crippen LogP contribution is -2.42. The summed E-state index contributed by atoms with van der Waals surface area (Å²) in [6, 6.07) is 10.9. The van der Waals surface area contributed by atoms with E-state index in [0.717, 1.165) is 30.5 Å². The van der Waals surface area contributed by atoms with Gasteiger partial charge in [-0.05, 0) is 67.9 Å². The zero-order valence-corrected chi connectivity index (χ0v) is 20.1. The highest BCUT2D eigenvalue weighted by molar-refractivity contribution is 7.89. The molecule has 0 N–H and O–H groups in total. The molecule has 2 heterocycles. The fraction of sp³-hybridized carbons (Fsp3) is 0.480. The summed E-state index contributed by atoms with van der Waals surface area (Å²) in [5, 5.41) is 0. The molecule has 1 fully saturated rings. The normalized spacial score (nSPS) is 21.8. The number of methoxy groups -OCH3 is 1. The first-order chi connectivity index (χ1) is 15.2. The topological polar surface area (TPSA) is 66.9 Å². The van der Waals surface area contributed by atoms with Crippen molar-refractivity contribution in [1.82, 2.24) is 4.31 Å². The smallest absolute Gasteiger partial charge is 0.258 e. The quantitative estimate of drug-likeness (QED) is 0.689. The van der Waals surface area contributed by atoms with Gasteiger partial charge in [0.1, 0.15) is 10.6 Å². The van der Waals surface area contributed by atoms with Crippen LogP contribution < -0.4 is 9.64 Å². The Bertz CT molecular complexity index is 1120. The van der Waals surface area contributed by atoms with Crippen molar-refractivity contribution in [3.63, 3.8) is 0 Å². The van der Waals surface area contributed by atoms with Gasteiger partial charge in [-0.3, -0.25) is 4.79 Å². The number of anilines is 1. The van der Waals surface area contributed by atoms with Crippen LogP contribution in [0.15, 0.2) is 41.3 Å². The lowest BCUT2D eigenvalue weighted by Gasteiger charge is -2.34. The van der Waals surface area contributed by atoms with Gasteiger partial charge in [0.2, 0.25) is 10.0 Å². The number of rotatable bonds is 4. The first kappa shape index (κ1) is 22.8. The molecule has 0 bridgehead atoms. The molecule has 0 spiro atoms. The number of carbonyl (C=O) groups is 1. The molecule has 32 heavy (non-hydrogen) atoms. The van der Waals surface area contributed by atoms with Gasteiger partial charge in [-0.2, -0.15) is 4.31 Å². The van der Waals surface area contributed by atoms with E-state index in [0.29, 0.717) is 25.2 Å². The van der Waals surface area contributed by atoms with Crippen molar-refractivity contribution in [1.29, 1.82) is 0 Å². The van der Waals surface area contributed by atoms with Crippen LogP contribution in [0.3, 0.4) is 0 Å². The number of aryl methyl sites for hydroxylation is 2. The Morgan fingerprint density at radius 3 is 2.47 bits per heavy atom. The average molecular weight is 457 g/mol. The third kappa shape index (κ3) is 4.28. The molecular formula is C25H32N2O4S. The highest BCUT2D eigenvalue weighted by Gasteiger charge is 2.34. The van der Waals surface area contributed by atoms with Gasteiger partial charge in [0.05, 0.1) is 7.11 Å². The first-order valence-corrected chi connectivity index (χ1v) is 12.7. The van der Waals surface area contributed by atoms with Crippen LogP contribution in [0.5, 0.6) is 5.75 Å². The Labute approximate surface area is 191 Å². The van der Waals surface area contributed by atoms with Gasteiger partial charge in [0.25, 0.3) is 5.91 Å². The maximum Gasteiger partial charge on any atom is 0.258 e. The number of fused-ring (bicyclic) bond motifs is 1. The van der Waals surface area contributed by atoms with Gasteiger partial charge in [-0.25, -0.2) is 8.42 Å². The third-order valence-corrected chi connectivity index (χ3v) is 8.32. The number of hydrogen-bond donors (Lipinski definition) is 0. The minimum Gasteiger partial charge on any atom is -0.495 e. The van der Waals surface area contributed by atoms with E-state index < -0.39 is 10.0 Å². The predicted octanol–water partition coefficient (Wildman–Crippen LogP) is 4.26. The molecule has 0 radical (unpaired) electrons. The molecule has 0 aromatic heterocycles. The molecule has 6 nitrogen and oxygen atoms in total. The summed E-state index contributed by atoms with van der Waals surface area (Å²) in [5.74, 6) is 0.659. The fourth-order valence-electron chi connectivity index (χ4n) is 5.05. The summed E-state index contributed by atoms with van der Waals surface area (Å²) in [4.78, 5) is 15.3. The SMILES string of the molecule is COc1ccc(C(=O)N2CCCc3cc(C)ccc32)cc1S(=O)(=O)N1CC(C)CC(C)C1. The minimum absolute atomic E-state index is 0.0632. The molecule has 2 aliphatic heterocycles. The first-order valence-electron chi connectivity index (χ1n) is 11.3. The molecule has 2 aromatic carbocycles. The Balaban J connectivity index is 1.71. The minimum atomic E-state index is -3.79. The molecule has 7 heteroatoms. The second kappa shape index (κ2) is 8.87. The molecular weight excluding hydrogens is 424 g/mol. The van der Waals surface area contributed by atoms with Crippen LogP contribution in [0, 0.1) is 18.8 Å². The zero-order valence-electron chi connectivity index (χ0n) is 19.3. The van der Waals surface area contributed by atoms with Gasteiger partial charge in [-0.1, -0.05) is 31.5 Å². The van der Waals surface area contributed by atoms with Gasteiger partial charge in [0, 0.05) is 30.9 Å². The summed E-state index contributed by atoms with van der Waals surface area (Å²) in [6.45, 7) is 7.77. The number of ether oxygens (including phenoxy) is 1. The second-order valence-corrected chi connectivity index (χ2v) is 11.2. The molecule has 0 saturated carbocycles. The molecule has 2 unspecified atom stereocenters. The molecule has 4 rings (SSSR count). The van der Waals surface area contributed by atoms with E-state index in [1.807, 2.05) is 19.1 Å². The van der Waals surface area contributed by atoms with Crippen molar-refractivity contribution >= 4 is 21.6 Å². The Kier molecular flexibility index (Phi) is 6.32. The molecule has 2 aromatic rings. The summed E-state index contributed by atoms with van der Waals surface area (Å²) >= 11 is 0. The molecule has 1 saturated heterocycles. The van der Waals surface area contributed by atoms with Gasteiger partial charge >= 0.3 is 0 Å². The molecule has 172 valence electrons. The lowest BCUT2D eigenvalue weighted by atomic mass is 9.94. The number of piperidine rings is 1. The van der Waals surface area contributed by atoms with E-state index in [2.05, 4.69) is 19.9 Å². The van der Waals surface area contributed by atoms with Crippen LogP contribution in [0.1, 0.15) is 48.2 Å². The van der Waals surface area contributed by atoms with Crippen LogP contribution in [0.25, 0.3) is 0 Å². The second-order valence-electron chi connectivity index (χ2n) is 9.33. The van der Waals surface area contributed by atoms with Crippen molar-refractivity contribution in [3.8, 4) is 5.75 Å². The van der Waals surface area contributed by atoms with E-state index >= 15 is 0 Å². The van der Waals surface area contributed by atoms with Crippen molar-refractivity contribution in [3.05, 3.63) is 53.1 Å². The number of sulfonamides is 1. The largest absolute Gasteiger partial charge is 0.495 e. The van der Waals surface area contributed by atoms with E-state index in [4.69, 9.17) is 4.74 Å². The maximum absolute atomic E-state index is 13.6. The van der Waals surface area contributed by atoms with Crippen molar-refractivity contribution in [2.45, 2.75) is 44.9 Å². The Morgan fingerprint density at radius 1 is 1.06 bits per heavy atom. The van der Waals surface area contributed by atoms with Crippen molar-refractivity contribution in [2.75, 3.05) is 31.6 Å². The number of hydrogen-bond acceptors (Lipinski definition) is 4. The monoisotopic (exact) mass is 456 g/mol. The highest BCUT2D eigenvalue weighted by Crippen LogP contribution is 2.34. The standard InChI is InChI=1S/C25H32N2O4S/c1-17-7-9-22-20(13-17)6-5-11-27(22)25(28)21-8-10-23(31-4)24(14-21)32(29,30)26-15-18(2)12-19(3)16-26/h7-10,13-14,18-19H,5-6,11-12,15-16H2,1-4H3. The van der Waals surface area contributed by atoms with Crippen LogP contribution in [0.2, 0.25) is 0 Å². The predicted molar refractivity (Wildman–Crippen MR) is 126 cm³/mol. The summed E-state index contributed by atoms with van der Waals surface area (Å²) in [7, 11) is -2.33. The van der Waals surface area contributed by atoms with Crippen molar-refractivity contribution in [2.24, 2.45) is 11.8 Å². The van der Waals surface area contributed by atoms with Gasteiger partial charge in [0.15, 0.2) is 0 Å². The van der Waals surface area contributed by atoms with Crippen LogP contribution in [0.4, 0.5) is 5.69 Å². The summed E-state index contributed by atoms with van der Waals surface area (Å²) in [5.41, 5.74) is 3.59. The van der Waals surface area contributed by atoms with Crippen molar-refractivity contribution < 1.29 is 17.9 Å².